The number of carbonyl (C=O) groups excluding carboxylic acids is 1. The summed E-state index contributed by atoms with van der Waals surface area (Å²) in [5.41, 5.74) is 0.967. The molecule has 0 spiro atoms. The Morgan fingerprint density at radius 2 is 2.24 bits per heavy atom. The lowest BCUT2D eigenvalue weighted by Gasteiger charge is -2.04. The average molecular weight is 249 g/mol. The van der Waals surface area contributed by atoms with E-state index in [1.807, 2.05) is 31.2 Å². The SMILES string of the molecule is CCCNC(=O)CNc1snc2ccccc12. The topological polar surface area (TPSA) is 54.0 Å². The second kappa shape index (κ2) is 5.63. The van der Waals surface area contributed by atoms with Crippen molar-refractivity contribution in [3.63, 3.8) is 0 Å². The van der Waals surface area contributed by atoms with E-state index in [0.717, 1.165) is 28.9 Å². The third kappa shape index (κ3) is 2.94. The Labute approximate surface area is 104 Å². The Kier molecular flexibility index (Phi) is 3.93. The van der Waals surface area contributed by atoms with E-state index in [1.54, 1.807) is 0 Å². The predicted octanol–water partition coefficient (Wildman–Crippen LogP) is 2.23. The fourth-order valence-corrected chi connectivity index (χ4v) is 2.26. The van der Waals surface area contributed by atoms with Crippen LogP contribution in [0, 0.1) is 0 Å². The van der Waals surface area contributed by atoms with Gasteiger partial charge in [0.15, 0.2) is 0 Å². The second-order valence-corrected chi connectivity index (χ2v) is 4.51. The van der Waals surface area contributed by atoms with Gasteiger partial charge >= 0.3 is 0 Å². The van der Waals surface area contributed by atoms with Crippen molar-refractivity contribution in [2.45, 2.75) is 13.3 Å². The highest BCUT2D eigenvalue weighted by Gasteiger charge is 2.06. The number of hydrogen-bond donors (Lipinski definition) is 2. The quantitative estimate of drug-likeness (QED) is 0.854. The van der Waals surface area contributed by atoms with Gasteiger partial charge in [-0.1, -0.05) is 19.1 Å². The first-order chi connectivity index (χ1) is 8.31. The normalized spacial score (nSPS) is 10.4. The van der Waals surface area contributed by atoms with Crippen molar-refractivity contribution in [1.29, 1.82) is 0 Å². The number of carbonyl (C=O) groups is 1. The molecule has 0 aliphatic carbocycles. The summed E-state index contributed by atoms with van der Waals surface area (Å²) in [4.78, 5) is 11.4. The molecule has 0 saturated heterocycles. The van der Waals surface area contributed by atoms with Gasteiger partial charge in [0, 0.05) is 11.9 Å². The van der Waals surface area contributed by atoms with Crippen LogP contribution in [0.2, 0.25) is 0 Å². The molecular formula is C12H15N3OS. The average Bonchev–Trinajstić information content (AvgIpc) is 2.77. The maximum absolute atomic E-state index is 11.4. The molecule has 1 aromatic carbocycles. The van der Waals surface area contributed by atoms with Gasteiger partial charge in [-0.2, -0.15) is 4.37 Å². The summed E-state index contributed by atoms with van der Waals surface area (Å²) in [5.74, 6) is 0.0179. The number of amides is 1. The molecule has 2 N–H and O–H groups in total. The van der Waals surface area contributed by atoms with Gasteiger partial charge in [0.05, 0.1) is 12.1 Å². The number of nitrogens with zero attached hydrogens (tertiary/aromatic N) is 1. The van der Waals surface area contributed by atoms with E-state index in [-0.39, 0.29) is 5.91 Å². The molecule has 1 amide bonds. The molecule has 0 aliphatic heterocycles. The minimum atomic E-state index is 0.0179. The van der Waals surface area contributed by atoms with E-state index in [1.165, 1.54) is 11.5 Å². The number of fused-ring (bicyclic) bond motifs is 1. The van der Waals surface area contributed by atoms with Gasteiger partial charge in [-0.3, -0.25) is 4.79 Å². The van der Waals surface area contributed by atoms with E-state index in [9.17, 15) is 4.79 Å². The predicted molar refractivity (Wildman–Crippen MR) is 71.4 cm³/mol. The fraction of sp³-hybridized carbons (Fsp3) is 0.333. The minimum absolute atomic E-state index is 0.0179. The van der Waals surface area contributed by atoms with Crippen LogP contribution in [0.1, 0.15) is 13.3 Å². The van der Waals surface area contributed by atoms with Crippen LogP contribution in [0.25, 0.3) is 10.9 Å². The van der Waals surface area contributed by atoms with Crippen LogP contribution in [-0.2, 0) is 4.79 Å². The lowest BCUT2D eigenvalue weighted by Crippen LogP contribution is -2.30. The highest BCUT2D eigenvalue weighted by atomic mass is 32.1. The summed E-state index contributed by atoms with van der Waals surface area (Å²) in [7, 11) is 0. The first kappa shape index (κ1) is 11.9. The highest BCUT2D eigenvalue weighted by molar-refractivity contribution is 7.11. The van der Waals surface area contributed by atoms with Gasteiger partial charge in [-0.05, 0) is 30.1 Å². The van der Waals surface area contributed by atoms with Crippen molar-refractivity contribution in [3.05, 3.63) is 24.3 Å². The van der Waals surface area contributed by atoms with Gasteiger partial charge in [-0.25, -0.2) is 0 Å². The molecule has 0 aliphatic rings. The summed E-state index contributed by atoms with van der Waals surface area (Å²) in [6.07, 6.45) is 0.954. The molecule has 5 heteroatoms. The number of benzene rings is 1. The molecule has 4 nitrogen and oxygen atoms in total. The van der Waals surface area contributed by atoms with E-state index in [0.29, 0.717) is 6.54 Å². The third-order valence-electron chi connectivity index (χ3n) is 2.37. The molecule has 1 heterocycles. The number of hydrogen-bond acceptors (Lipinski definition) is 4. The Bertz CT molecular complexity index is 509. The van der Waals surface area contributed by atoms with Crippen LogP contribution in [0.3, 0.4) is 0 Å². The highest BCUT2D eigenvalue weighted by Crippen LogP contribution is 2.26. The zero-order chi connectivity index (χ0) is 12.1. The molecule has 1 aromatic heterocycles. The van der Waals surface area contributed by atoms with E-state index < -0.39 is 0 Å². The van der Waals surface area contributed by atoms with Crippen molar-refractivity contribution in [2.75, 3.05) is 18.4 Å². The molecule has 90 valence electrons. The molecule has 0 saturated carbocycles. The van der Waals surface area contributed by atoms with E-state index >= 15 is 0 Å². The van der Waals surface area contributed by atoms with Crippen molar-refractivity contribution in [2.24, 2.45) is 0 Å². The monoisotopic (exact) mass is 249 g/mol. The Morgan fingerprint density at radius 3 is 3.06 bits per heavy atom. The maximum atomic E-state index is 11.4. The maximum Gasteiger partial charge on any atom is 0.239 e. The van der Waals surface area contributed by atoms with Crippen molar-refractivity contribution in [3.8, 4) is 0 Å². The Hall–Kier alpha value is -1.62. The summed E-state index contributed by atoms with van der Waals surface area (Å²) < 4.78 is 4.31. The van der Waals surface area contributed by atoms with Crippen LogP contribution in [-0.4, -0.2) is 23.4 Å². The third-order valence-corrected chi connectivity index (χ3v) is 3.20. The first-order valence-electron chi connectivity index (χ1n) is 5.66. The van der Waals surface area contributed by atoms with E-state index in [4.69, 9.17) is 0 Å². The fourth-order valence-electron chi connectivity index (χ4n) is 1.50. The zero-order valence-electron chi connectivity index (χ0n) is 9.69. The Balaban J connectivity index is 1.97. The lowest BCUT2D eigenvalue weighted by molar-refractivity contribution is -0.119. The minimum Gasteiger partial charge on any atom is -0.366 e. The molecule has 0 atom stereocenters. The molecule has 2 aromatic rings. The van der Waals surface area contributed by atoms with Crippen LogP contribution in [0.15, 0.2) is 24.3 Å². The van der Waals surface area contributed by atoms with Crippen LogP contribution < -0.4 is 10.6 Å². The van der Waals surface area contributed by atoms with Gasteiger partial charge in [-0.15, -0.1) is 0 Å². The van der Waals surface area contributed by atoms with E-state index in [2.05, 4.69) is 15.0 Å². The van der Waals surface area contributed by atoms with Gasteiger partial charge < -0.3 is 10.6 Å². The summed E-state index contributed by atoms with van der Waals surface area (Å²) in [6, 6.07) is 7.90. The molecule has 0 fully saturated rings. The van der Waals surface area contributed by atoms with Crippen molar-refractivity contribution < 1.29 is 4.79 Å². The molecule has 17 heavy (non-hydrogen) atoms. The van der Waals surface area contributed by atoms with Crippen LogP contribution in [0.5, 0.6) is 0 Å². The van der Waals surface area contributed by atoms with Gasteiger partial charge in [0.1, 0.15) is 5.00 Å². The van der Waals surface area contributed by atoms with Gasteiger partial charge in [0.25, 0.3) is 0 Å². The van der Waals surface area contributed by atoms with Crippen LogP contribution in [0.4, 0.5) is 5.00 Å². The first-order valence-corrected chi connectivity index (χ1v) is 6.43. The smallest absolute Gasteiger partial charge is 0.239 e. The molecule has 0 unspecified atom stereocenters. The number of nitrogens with one attached hydrogen (secondary N) is 2. The Morgan fingerprint density at radius 1 is 1.41 bits per heavy atom. The molecular weight excluding hydrogens is 234 g/mol. The summed E-state index contributed by atoms with van der Waals surface area (Å²) in [5, 5.41) is 7.97. The van der Waals surface area contributed by atoms with Crippen molar-refractivity contribution >= 4 is 33.3 Å². The zero-order valence-corrected chi connectivity index (χ0v) is 10.5. The molecule has 2 rings (SSSR count). The molecule has 0 bridgehead atoms. The molecule has 0 radical (unpaired) electrons. The number of anilines is 1. The van der Waals surface area contributed by atoms with Crippen molar-refractivity contribution in [1.82, 2.24) is 9.69 Å². The second-order valence-electron chi connectivity index (χ2n) is 3.73. The summed E-state index contributed by atoms with van der Waals surface area (Å²) in [6.45, 7) is 3.06. The summed E-state index contributed by atoms with van der Waals surface area (Å²) >= 11 is 1.39. The van der Waals surface area contributed by atoms with Crippen LogP contribution >= 0.6 is 11.5 Å². The lowest BCUT2D eigenvalue weighted by atomic mass is 10.2. The number of aromatic nitrogens is 1. The van der Waals surface area contributed by atoms with Gasteiger partial charge in [0.2, 0.25) is 5.91 Å². The number of rotatable bonds is 5. The standard InChI is InChI=1S/C12H15N3OS/c1-2-7-13-11(16)8-14-12-9-5-3-4-6-10(9)15-17-12/h3-6,14H,2,7-8H2,1H3,(H,13,16). The largest absolute Gasteiger partial charge is 0.366 e.